The van der Waals surface area contributed by atoms with Crippen LogP contribution < -0.4 is 10.1 Å². The fourth-order valence-corrected chi connectivity index (χ4v) is 2.87. The minimum absolute atomic E-state index is 0.315. The highest BCUT2D eigenvalue weighted by molar-refractivity contribution is 5.75. The van der Waals surface area contributed by atoms with Gasteiger partial charge in [-0.3, -0.25) is 9.59 Å². The number of hydrogen-bond acceptors (Lipinski definition) is 5. The fourth-order valence-electron chi connectivity index (χ4n) is 2.87. The first-order chi connectivity index (χ1) is 12.8. The van der Waals surface area contributed by atoms with Crippen LogP contribution in [0.3, 0.4) is 0 Å². The number of aliphatic hydroxyl groups is 1. The predicted octanol–water partition coefficient (Wildman–Crippen LogP) is 2.98. The third-order valence-electron chi connectivity index (χ3n) is 4.35. The molecule has 3 atom stereocenters. The summed E-state index contributed by atoms with van der Waals surface area (Å²) < 4.78 is 5.97. The van der Waals surface area contributed by atoms with Crippen molar-refractivity contribution < 1.29 is 24.5 Å². The number of benzene rings is 1. The van der Waals surface area contributed by atoms with Gasteiger partial charge in [-0.25, -0.2) is 0 Å². The Balaban J connectivity index is 0.000000345. The van der Waals surface area contributed by atoms with Crippen molar-refractivity contribution in [2.75, 3.05) is 7.05 Å². The summed E-state index contributed by atoms with van der Waals surface area (Å²) in [6, 6.07) is 4.83. The number of aryl methyl sites for hydroxylation is 1. The minimum Gasteiger partial charge on any atom is -0.490 e. The van der Waals surface area contributed by atoms with Gasteiger partial charge in [-0.05, 0) is 77.3 Å². The number of carbonyl (C=O) groups excluding carboxylic acids is 1. The summed E-state index contributed by atoms with van der Waals surface area (Å²) in [5.74, 6) is -0.0819. The van der Waals surface area contributed by atoms with Gasteiger partial charge in [0.05, 0.1) is 12.2 Å². The van der Waals surface area contributed by atoms with Crippen LogP contribution in [0.15, 0.2) is 29.8 Å². The predicted molar refractivity (Wildman–Crippen MR) is 105 cm³/mol. The zero-order valence-electron chi connectivity index (χ0n) is 16.6. The standard InChI is InChI=1S/C16H20O2.C5H11NO3/c1-12(2)4-3-5-15-8-7-14-10-13(11-17)6-9-16(14)18-15;1-3(7)4(6-2)5(8)9/h4,6,9-11,15H,3,5,7-8H2,1-2H3;3-4,6-7H,1-2H3,(H,8,9). The number of rotatable bonds is 7. The molecule has 0 fully saturated rings. The minimum atomic E-state index is -1.03. The molecule has 0 saturated carbocycles. The van der Waals surface area contributed by atoms with Gasteiger partial charge in [0.1, 0.15) is 18.1 Å². The van der Waals surface area contributed by atoms with Gasteiger partial charge in [0.2, 0.25) is 0 Å². The number of likely N-dealkylation sites (N-methyl/N-ethyl adjacent to an activating group) is 1. The molecule has 2 rings (SSSR count). The van der Waals surface area contributed by atoms with Gasteiger partial charge in [0, 0.05) is 5.56 Å². The number of aliphatic carboxylic acids is 1. The van der Waals surface area contributed by atoms with Crippen molar-refractivity contribution in [1.29, 1.82) is 0 Å². The number of allylic oxidation sites excluding steroid dienone is 2. The number of ether oxygens (including phenoxy) is 1. The smallest absolute Gasteiger partial charge is 0.323 e. The van der Waals surface area contributed by atoms with E-state index in [0.717, 1.165) is 48.8 Å². The molecule has 150 valence electrons. The first-order valence-corrected chi connectivity index (χ1v) is 9.24. The zero-order chi connectivity index (χ0) is 20.4. The number of nitrogens with one attached hydrogen (secondary N) is 1. The Morgan fingerprint density at radius 1 is 1.41 bits per heavy atom. The van der Waals surface area contributed by atoms with Crippen molar-refractivity contribution in [3.63, 3.8) is 0 Å². The van der Waals surface area contributed by atoms with Crippen LogP contribution in [0.2, 0.25) is 0 Å². The molecule has 1 aromatic rings. The second kappa shape index (κ2) is 11.5. The summed E-state index contributed by atoms with van der Waals surface area (Å²) in [5, 5.41) is 19.5. The van der Waals surface area contributed by atoms with E-state index >= 15 is 0 Å². The van der Waals surface area contributed by atoms with Gasteiger partial charge in [0.15, 0.2) is 0 Å². The molecular weight excluding hydrogens is 346 g/mol. The number of carbonyl (C=O) groups is 2. The lowest BCUT2D eigenvalue weighted by Gasteiger charge is -2.26. The van der Waals surface area contributed by atoms with Crippen LogP contribution in [-0.4, -0.2) is 47.8 Å². The first kappa shape index (κ1) is 22.9. The first-order valence-electron chi connectivity index (χ1n) is 9.24. The van der Waals surface area contributed by atoms with Crippen molar-refractivity contribution in [2.24, 2.45) is 0 Å². The average molecular weight is 377 g/mol. The summed E-state index contributed by atoms with van der Waals surface area (Å²) in [6.07, 6.45) is 6.81. The Morgan fingerprint density at radius 2 is 2.11 bits per heavy atom. The molecule has 0 saturated heterocycles. The highest BCUT2D eigenvalue weighted by Crippen LogP contribution is 2.29. The van der Waals surface area contributed by atoms with E-state index < -0.39 is 18.1 Å². The summed E-state index contributed by atoms with van der Waals surface area (Å²) in [5.41, 5.74) is 3.26. The normalized spacial score (nSPS) is 17.3. The molecule has 6 heteroatoms. The molecule has 0 aliphatic carbocycles. The highest BCUT2D eigenvalue weighted by Gasteiger charge is 2.20. The van der Waals surface area contributed by atoms with E-state index in [1.807, 2.05) is 18.2 Å². The van der Waals surface area contributed by atoms with Crippen LogP contribution in [0, 0.1) is 0 Å². The topological polar surface area (TPSA) is 95.9 Å². The molecule has 6 nitrogen and oxygen atoms in total. The Labute approximate surface area is 161 Å². The molecule has 3 N–H and O–H groups in total. The SMILES string of the molecule is CC(C)=CCCC1CCc2cc(C=O)ccc2O1.CNC(C(=O)O)C(C)O. The molecule has 3 unspecified atom stereocenters. The van der Waals surface area contributed by atoms with Crippen molar-refractivity contribution in [2.45, 2.75) is 64.7 Å². The Morgan fingerprint density at radius 3 is 2.59 bits per heavy atom. The van der Waals surface area contributed by atoms with Gasteiger partial charge < -0.3 is 20.3 Å². The second-order valence-corrected chi connectivity index (χ2v) is 6.97. The lowest BCUT2D eigenvalue weighted by molar-refractivity contribution is -0.141. The number of carboxylic acid groups (broad SMARTS) is 1. The van der Waals surface area contributed by atoms with E-state index in [9.17, 15) is 9.59 Å². The van der Waals surface area contributed by atoms with Crippen molar-refractivity contribution in [1.82, 2.24) is 5.32 Å². The fraction of sp³-hybridized carbons (Fsp3) is 0.524. The maximum atomic E-state index is 10.7. The summed E-state index contributed by atoms with van der Waals surface area (Å²) in [6.45, 7) is 5.67. The number of aliphatic hydroxyl groups excluding tert-OH is 1. The van der Waals surface area contributed by atoms with Crippen LogP contribution >= 0.6 is 0 Å². The molecule has 0 aromatic heterocycles. The molecule has 1 heterocycles. The van der Waals surface area contributed by atoms with Gasteiger partial charge in [-0.1, -0.05) is 11.6 Å². The van der Waals surface area contributed by atoms with Crippen LogP contribution in [-0.2, 0) is 11.2 Å². The Kier molecular flexibility index (Phi) is 9.75. The van der Waals surface area contributed by atoms with E-state index in [1.165, 1.54) is 19.5 Å². The van der Waals surface area contributed by atoms with Gasteiger partial charge in [-0.2, -0.15) is 0 Å². The Bertz CT molecular complexity index is 650. The maximum Gasteiger partial charge on any atom is 0.323 e. The summed E-state index contributed by atoms with van der Waals surface area (Å²) in [4.78, 5) is 20.9. The maximum absolute atomic E-state index is 10.7. The largest absolute Gasteiger partial charge is 0.490 e. The van der Waals surface area contributed by atoms with Crippen molar-refractivity contribution >= 4 is 12.3 Å². The molecule has 1 aromatic carbocycles. The zero-order valence-corrected chi connectivity index (χ0v) is 16.6. The number of hydrogen-bond donors (Lipinski definition) is 3. The second-order valence-electron chi connectivity index (χ2n) is 6.97. The molecule has 0 spiro atoms. The third kappa shape index (κ3) is 7.93. The molecule has 0 bridgehead atoms. The summed E-state index contributed by atoms with van der Waals surface area (Å²) in [7, 11) is 1.49. The lowest BCUT2D eigenvalue weighted by Crippen LogP contribution is -2.42. The van der Waals surface area contributed by atoms with Crippen LogP contribution in [0.4, 0.5) is 0 Å². The van der Waals surface area contributed by atoms with Crippen molar-refractivity contribution in [3.8, 4) is 5.75 Å². The van der Waals surface area contributed by atoms with E-state index in [4.69, 9.17) is 14.9 Å². The van der Waals surface area contributed by atoms with E-state index in [0.29, 0.717) is 6.10 Å². The third-order valence-corrected chi connectivity index (χ3v) is 4.35. The van der Waals surface area contributed by atoms with Gasteiger partial charge >= 0.3 is 5.97 Å². The Hall–Kier alpha value is -2.18. The van der Waals surface area contributed by atoms with Gasteiger partial charge in [-0.15, -0.1) is 0 Å². The van der Waals surface area contributed by atoms with Crippen LogP contribution in [0.5, 0.6) is 5.75 Å². The van der Waals surface area contributed by atoms with Gasteiger partial charge in [0.25, 0.3) is 0 Å². The molecular formula is C21H31NO5. The van der Waals surface area contributed by atoms with Crippen LogP contribution in [0.25, 0.3) is 0 Å². The summed E-state index contributed by atoms with van der Waals surface area (Å²) >= 11 is 0. The highest BCUT2D eigenvalue weighted by atomic mass is 16.5. The quantitative estimate of drug-likeness (QED) is 0.499. The number of aldehydes is 1. The average Bonchev–Trinajstić information content (AvgIpc) is 2.61. The molecule has 1 aliphatic heterocycles. The number of carboxylic acids is 1. The molecule has 1 aliphatic rings. The molecule has 0 amide bonds. The van der Waals surface area contributed by atoms with E-state index in [1.54, 1.807) is 0 Å². The van der Waals surface area contributed by atoms with E-state index in [2.05, 4.69) is 25.2 Å². The molecule has 0 radical (unpaired) electrons. The number of fused-ring (bicyclic) bond motifs is 1. The van der Waals surface area contributed by atoms with Crippen LogP contribution in [0.1, 0.15) is 56.0 Å². The van der Waals surface area contributed by atoms with E-state index in [-0.39, 0.29) is 0 Å². The lowest BCUT2D eigenvalue weighted by atomic mass is 9.98. The molecule has 27 heavy (non-hydrogen) atoms. The van der Waals surface area contributed by atoms with Crippen molar-refractivity contribution in [3.05, 3.63) is 41.0 Å². The monoisotopic (exact) mass is 377 g/mol.